The van der Waals surface area contributed by atoms with Crippen LogP contribution >= 0.6 is 0 Å². The highest BCUT2D eigenvalue weighted by atomic mass is 16.2. The van der Waals surface area contributed by atoms with Crippen LogP contribution in [0, 0.1) is 0 Å². The minimum Gasteiger partial charge on any atom is -0.278 e. The van der Waals surface area contributed by atoms with Crippen LogP contribution < -0.4 is 4.90 Å². The number of anilines is 1. The van der Waals surface area contributed by atoms with Crippen LogP contribution in [0.1, 0.15) is 58.9 Å². The maximum atomic E-state index is 12.0. The van der Waals surface area contributed by atoms with E-state index in [1.54, 1.807) is 4.90 Å². The molecule has 19 heavy (non-hydrogen) atoms. The summed E-state index contributed by atoms with van der Waals surface area (Å²) in [7, 11) is 0. The predicted octanol–water partition coefficient (Wildman–Crippen LogP) is 3.36. The maximum Gasteiger partial charge on any atom is 0.232 e. The molecular weight excluding hydrogens is 238 g/mol. The normalized spacial score (nSPS) is 12.2. The summed E-state index contributed by atoms with van der Waals surface area (Å²) >= 11 is 0. The first-order chi connectivity index (χ1) is 9.13. The Hall–Kier alpha value is -1.45. The molecule has 0 saturated carbocycles. The van der Waals surface area contributed by atoms with Crippen molar-refractivity contribution in [2.45, 2.75) is 65.8 Å². The summed E-state index contributed by atoms with van der Waals surface area (Å²) in [4.78, 5) is 22.5. The fraction of sp³-hybridized carbons (Fsp3) is 0.667. The van der Waals surface area contributed by atoms with Crippen molar-refractivity contribution >= 4 is 11.9 Å². The number of aromatic nitrogens is 2. The van der Waals surface area contributed by atoms with Crippen molar-refractivity contribution in [1.29, 1.82) is 0 Å². The third-order valence-electron chi connectivity index (χ3n) is 3.33. The van der Waals surface area contributed by atoms with E-state index in [9.17, 15) is 4.79 Å². The van der Waals surface area contributed by atoms with E-state index < -0.39 is 0 Å². The predicted molar refractivity (Wildman–Crippen MR) is 78.2 cm³/mol. The molecule has 4 heteroatoms. The lowest BCUT2D eigenvalue weighted by molar-refractivity contribution is -0.118. The monoisotopic (exact) mass is 263 g/mol. The molecule has 0 saturated heterocycles. The Bertz CT molecular complexity index is 389. The molecule has 0 N–H and O–H groups in total. The lowest BCUT2D eigenvalue weighted by Gasteiger charge is -2.26. The largest absolute Gasteiger partial charge is 0.278 e. The summed E-state index contributed by atoms with van der Waals surface area (Å²) in [5.74, 6) is 0.608. The van der Waals surface area contributed by atoms with Gasteiger partial charge in [0.15, 0.2) is 0 Å². The van der Waals surface area contributed by atoms with Gasteiger partial charge in [0, 0.05) is 24.9 Å². The summed E-state index contributed by atoms with van der Waals surface area (Å²) < 4.78 is 0. The SMILES string of the molecule is CCCCc1cnc(N(C(=O)CC)C(C)CC)nc1. The van der Waals surface area contributed by atoms with E-state index in [-0.39, 0.29) is 11.9 Å². The summed E-state index contributed by atoms with van der Waals surface area (Å²) in [5.41, 5.74) is 1.14. The molecule has 1 amide bonds. The van der Waals surface area contributed by atoms with Crippen molar-refractivity contribution in [3.8, 4) is 0 Å². The van der Waals surface area contributed by atoms with Crippen molar-refractivity contribution in [2.75, 3.05) is 4.90 Å². The molecule has 1 atom stereocenters. The van der Waals surface area contributed by atoms with Gasteiger partial charge in [-0.1, -0.05) is 27.2 Å². The van der Waals surface area contributed by atoms with E-state index in [1.807, 2.05) is 26.2 Å². The van der Waals surface area contributed by atoms with E-state index in [0.717, 1.165) is 31.2 Å². The Morgan fingerprint density at radius 2 is 1.89 bits per heavy atom. The van der Waals surface area contributed by atoms with Gasteiger partial charge in [-0.3, -0.25) is 9.69 Å². The van der Waals surface area contributed by atoms with E-state index in [0.29, 0.717) is 12.4 Å². The molecular formula is C15H25N3O. The van der Waals surface area contributed by atoms with Crippen LogP contribution in [0.25, 0.3) is 0 Å². The Kier molecular flexibility index (Phi) is 6.46. The number of rotatable bonds is 7. The number of hydrogen-bond acceptors (Lipinski definition) is 3. The highest BCUT2D eigenvalue weighted by Gasteiger charge is 2.21. The average molecular weight is 263 g/mol. The molecule has 106 valence electrons. The molecule has 1 aromatic heterocycles. The second kappa shape index (κ2) is 7.87. The first-order valence-corrected chi connectivity index (χ1v) is 7.26. The van der Waals surface area contributed by atoms with Crippen LogP contribution in [-0.2, 0) is 11.2 Å². The number of unbranched alkanes of at least 4 members (excludes halogenated alkanes) is 1. The van der Waals surface area contributed by atoms with Crippen LogP contribution in [0.2, 0.25) is 0 Å². The summed E-state index contributed by atoms with van der Waals surface area (Å²) in [6.45, 7) is 8.13. The lowest BCUT2D eigenvalue weighted by Crippen LogP contribution is -2.39. The van der Waals surface area contributed by atoms with Gasteiger partial charge in [0.2, 0.25) is 11.9 Å². The van der Waals surface area contributed by atoms with E-state index in [4.69, 9.17) is 0 Å². The lowest BCUT2D eigenvalue weighted by atomic mass is 10.1. The molecule has 1 heterocycles. The standard InChI is InChI=1S/C15H25N3O/c1-5-8-9-13-10-16-15(17-11-13)18(12(4)6-2)14(19)7-3/h10-12H,5-9H2,1-4H3. The quantitative estimate of drug-likeness (QED) is 0.757. The number of aryl methyl sites for hydroxylation is 1. The van der Waals surface area contributed by atoms with Crippen molar-refractivity contribution < 1.29 is 4.79 Å². The van der Waals surface area contributed by atoms with Gasteiger partial charge in [-0.25, -0.2) is 9.97 Å². The number of carbonyl (C=O) groups is 1. The molecule has 0 bridgehead atoms. The van der Waals surface area contributed by atoms with E-state index >= 15 is 0 Å². The van der Waals surface area contributed by atoms with Crippen LogP contribution in [0.4, 0.5) is 5.95 Å². The van der Waals surface area contributed by atoms with Crippen molar-refractivity contribution in [3.05, 3.63) is 18.0 Å². The number of amides is 1. The zero-order chi connectivity index (χ0) is 14.3. The number of carbonyl (C=O) groups excluding carboxylic acids is 1. The van der Waals surface area contributed by atoms with Crippen molar-refractivity contribution in [1.82, 2.24) is 9.97 Å². The minimum atomic E-state index is 0.0793. The van der Waals surface area contributed by atoms with Gasteiger partial charge in [0.25, 0.3) is 0 Å². The molecule has 0 aromatic carbocycles. The van der Waals surface area contributed by atoms with Gasteiger partial charge < -0.3 is 0 Å². The second-order valence-corrected chi connectivity index (χ2v) is 4.87. The van der Waals surface area contributed by atoms with Gasteiger partial charge in [-0.15, -0.1) is 0 Å². The minimum absolute atomic E-state index is 0.0793. The van der Waals surface area contributed by atoms with E-state index in [2.05, 4.69) is 23.8 Å². The Balaban J connectivity index is 2.87. The molecule has 1 unspecified atom stereocenters. The summed E-state index contributed by atoms with van der Waals surface area (Å²) in [6, 6.07) is 0.133. The van der Waals surface area contributed by atoms with Gasteiger partial charge >= 0.3 is 0 Å². The van der Waals surface area contributed by atoms with Gasteiger partial charge in [-0.05, 0) is 31.7 Å². The van der Waals surface area contributed by atoms with Crippen LogP contribution in [0.3, 0.4) is 0 Å². The first kappa shape index (κ1) is 15.6. The summed E-state index contributed by atoms with van der Waals surface area (Å²) in [6.07, 6.45) is 8.37. The molecule has 0 fully saturated rings. The van der Waals surface area contributed by atoms with E-state index in [1.165, 1.54) is 0 Å². The Morgan fingerprint density at radius 3 is 2.37 bits per heavy atom. The zero-order valence-corrected chi connectivity index (χ0v) is 12.5. The highest BCUT2D eigenvalue weighted by Crippen LogP contribution is 2.15. The van der Waals surface area contributed by atoms with Crippen LogP contribution in [0.5, 0.6) is 0 Å². The fourth-order valence-corrected chi connectivity index (χ4v) is 1.89. The van der Waals surface area contributed by atoms with Gasteiger partial charge in [0.05, 0.1) is 0 Å². The van der Waals surface area contributed by atoms with Crippen LogP contribution in [0.15, 0.2) is 12.4 Å². The zero-order valence-electron chi connectivity index (χ0n) is 12.5. The second-order valence-electron chi connectivity index (χ2n) is 4.87. The summed E-state index contributed by atoms with van der Waals surface area (Å²) in [5, 5.41) is 0. The number of nitrogens with zero attached hydrogens (tertiary/aromatic N) is 3. The third kappa shape index (κ3) is 4.30. The van der Waals surface area contributed by atoms with Crippen molar-refractivity contribution in [2.24, 2.45) is 0 Å². The molecule has 0 aliphatic heterocycles. The molecule has 1 rings (SSSR count). The molecule has 0 aliphatic carbocycles. The Labute approximate surface area is 116 Å². The van der Waals surface area contributed by atoms with Gasteiger partial charge in [-0.2, -0.15) is 0 Å². The molecule has 1 aromatic rings. The van der Waals surface area contributed by atoms with Gasteiger partial charge in [0.1, 0.15) is 0 Å². The number of hydrogen-bond donors (Lipinski definition) is 0. The first-order valence-electron chi connectivity index (χ1n) is 7.26. The molecule has 0 spiro atoms. The van der Waals surface area contributed by atoms with Crippen molar-refractivity contribution in [3.63, 3.8) is 0 Å². The third-order valence-corrected chi connectivity index (χ3v) is 3.33. The molecule has 0 aliphatic rings. The van der Waals surface area contributed by atoms with Crippen LogP contribution in [-0.4, -0.2) is 21.9 Å². The Morgan fingerprint density at radius 1 is 1.26 bits per heavy atom. The topological polar surface area (TPSA) is 46.1 Å². The molecule has 4 nitrogen and oxygen atoms in total. The fourth-order valence-electron chi connectivity index (χ4n) is 1.89. The molecule has 0 radical (unpaired) electrons. The smallest absolute Gasteiger partial charge is 0.232 e. The highest BCUT2D eigenvalue weighted by molar-refractivity contribution is 5.91. The average Bonchev–Trinajstić information content (AvgIpc) is 2.46. The maximum absolute atomic E-state index is 12.0.